The van der Waals surface area contributed by atoms with Crippen molar-refractivity contribution < 1.29 is 33.7 Å². The SMILES string of the molecule is COC(=O)c1ccc(C(O)C[C@H]2[C@@H]([N+](=O)[O-])[C@H](c3cccc(Cl)c3F)[C@]3(C(=O)Nc4cc(Cl)ccc43)N2CC2CC2)c([N+](=O)[O-])c1C. The van der Waals surface area contributed by atoms with E-state index in [-0.39, 0.29) is 39.7 Å². The number of halogens is 3. The van der Waals surface area contributed by atoms with Crippen molar-refractivity contribution in [1.82, 2.24) is 4.90 Å². The predicted octanol–water partition coefficient (Wildman–Crippen LogP) is 5.93. The quantitative estimate of drug-likeness (QED) is 0.158. The molecule has 6 rings (SSSR count). The third-order valence-corrected chi connectivity index (χ3v) is 10.1. The molecule has 2 fully saturated rings. The molecule has 47 heavy (non-hydrogen) atoms. The Hall–Kier alpha value is -4.17. The molecule has 1 spiro atoms. The van der Waals surface area contributed by atoms with Gasteiger partial charge in [-0.15, -0.1) is 0 Å². The Kier molecular flexibility index (Phi) is 8.45. The Bertz CT molecular complexity index is 1840. The van der Waals surface area contributed by atoms with E-state index < -0.39 is 69.3 Å². The summed E-state index contributed by atoms with van der Waals surface area (Å²) in [7, 11) is 1.13. The summed E-state index contributed by atoms with van der Waals surface area (Å²) in [6.45, 7) is 1.53. The molecule has 12 nitrogen and oxygen atoms in total. The molecule has 2 N–H and O–H groups in total. The smallest absolute Gasteiger partial charge is 0.338 e. The number of amides is 1. The minimum atomic E-state index is -1.83. The van der Waals surface area contributed by atoms with Crippen molar-refractivity contribution in [3.05, 3.63) is 112 Å². The number of aliphatic hydroxyl groups excluding tert-OH is 1. The number of nitrogens with one attached hydrogen (secondary N) is 1. The molecule has 0 radical (unpaired) electrons. The lowest BCUT2D eigenvalue weighted by molar-refractivity contribution is -0.528. The summed E-state index contributed by atoms with van der Waals surface area (Å²) >= 11 is 12.5. The molecule has 15 heteroatoms. The normalized spacial score (nSPS) is 24.2. The van der Waals surface area contributed by atoms with Gasteiger partial charge in [-0.05, 0) is 62.4 Å². The molecule has 3 aromatic carbocycles. The average molecular weight is 688 g/mol. The molecule has 1 saturated heterocycles. The van der Waals surface area contributed by atoms with E-state index in [2.05, 4.69) is 5.32 Å². The molecule has 3 aromatic rings. The number of aliphatic hydroxyl groups is 1. The first kappa shape index (κ1) is 32.8. The Morgan fingerprint density at radius 2 is 1.91 bits per heavy atom. The van der Waals surface area contributed by atoms with Crippen molar-refractivity contribution in [3.63, 3.8) is 0 Å². The third-order valence-electron chi connectivity index (χ3n) is 9.61. The fourth-order valence-corrected chi connectivity index (χ4v) is 7.81. The number of likely N-dealkylation sites (tertiary alicyclic amines) is 1. The molecule has 0 aromatic heterocycles. The lowest BCUT2D eigenvalue weighted by Crippen LogP contribution is -2.53. The van der Waals surface area contributed by atoms with Gasteiger partial charge in [-0.1, -0.05) is 41.4 Å². The van der Waals surface area contributed by atoms with Crippen LogP contribution in [-0.4, -0.2) is 57.5 Å². The van der Waals surface area contributed by atoms with Crippen LogP contribution in [0.1, 0.15) is 63.9 Å². The molecule has 1 amide bonds. The van der Waals surface area contributed by atoms with Crippen LogP contribution in [0.15, 0.2) is 48.5 Å². The predicted molar refractivity (Wildman–Crippen MR) is 169 cm³/mol. The van der Waals surface area contributed by atoms with Crippen molar-refractivity contribution in [3.8, 4) is 0 Å². The number of carbonyl (C=O) groups excluding carboxylic acids is 2. The number of esters is 1. The van der Waals surface area contributed by atoms with Crippen LogP contribution in [-0.2, 0) is 15.1 Å². The largest absolute Gasteiger partial charge is 0.465 e. The van der Waals surface area contributed by atoms with Gasteiger partial charge in [0.1, 0.15) is 11.4 Å². The summed E-state index contributed by atoms with van der Waals surface area (Å²) in [6.07, 6.45) is -0.525. The zero-order valence-electron chi connectivity index (χ0n) is 25.1. The van der Waals surface area contributed by atoms with Crippen LogP contribution >= 0.6 is 23.2 Å². The molecule has 3 aliphatic rings. The van der Waals surface area contributed by atoms with E-state index in [0.717, 1.165) is 20.0 Å². The molecule has 246 valence electrons. The standard InChI is InChI=1S/C32H29Cl2FN4O8/c1-15-18(30(41)47-2)9-10-19(28(15)38(43)44)25(40)13-24-29(39(45)46)26(20-4-3-5-22(34)27(20)35)32(37(24)14-16-6-7-16)21-11-8-17(33)12-23(21)36-31(32)42/h3-5,8-12,16,24-26,29,40H,6-7,13-14H2,1-2H3,(H,36,42)/t24-,25?,26-,29+,32+/m0/s1. The van der Waals surface area contributed by atoms with Crippen LogP contribution in [0, 0.1) is 38.9 Å². The van der Waals surface area contributed by atoms with Crippen molar-refractivity contribution >= 4 is 46.5 Å². The zero-order chi connectivity index (χ0) is 33.9. The van der Waals surface area contributed by atoms with Crippen LogP contribution in [0.2, 0.25) is 10.0 Å². The van der Waals surface area contributed by atoms with E-state index in [1.807, 2.05) is 0 Å². The molecule has 1 aliphatic carbocycles. The number of rotatable bonds is 9. The lowest BCUT2D eigenvalue weighted by Gasteiger charge is -2.39. The van der Waals surface area contributed by atoms with Gasteiger partial charge in [0.15, 0.2) is 0 Å². The van der Waals surface area contributed by atoms with Gasteiger partial charge < -0.3 is 15.2 Å². The summed E-state index contributed by atoms with van der Waals surface area (Å²) in [5, 5.41) is 40.0. The topological polar surface area (TPSA) is 165 Å². The highest BCUT2D eigenvalue weighted by atomic mass is 35.5. The minimum Gasteiger partial charge on any atom is -0.465 e. The van der Waals surface area contributed by atoms with Crippen LogP contribution in [0.4, 0.5) is 15.8 Å². The summed E-state index contributed by atoms with van der Waals surface area (Å²) in [6, 6.07) is 8.34. The second-order valence-electron chi connectivity index (χ2n) is 12.1. The Morgan fingerprint density at radius 3 is 2.55 bits per heavy atom. The molecule has 5 atom stereocenters. The fourth-order valence-electron chi connectivity index (χ4n) is 7.46. The number of ether oxygens (including phenoxy) is 1. The zero-order valence-corrected chi connectivity index (χ0v) is 26.6. The molecule has 2 aliphatic heterocycles. The highest BCUT2D eigenvalue weighted by Gasteiger charge is 2.71. The van der Waals surface area contributed by atoms with E-state index in [0.29, 0.717) is 16.3 Å². The van der Waals surface area contributed by atoms with Gasteiger partial charge in [-0.25, -0.2) is 9.18 Å². The van der Waals surface area contributed by atoms with Gasteiger partial charge in [0.05, 0.1) is 46.2 Å². The number of anilines is 1. The molecular formula is C32H29Cl2FN4O8. The summed E-state index contributed by atoms with van der Waals surface area (Å²) in [4.78, 5) is 52.4. The van der Waals surface area contributed by atoms with Crippen molar-refractivity contribution in [2.75, 3.05) is 19.0 Å². The molecule has 1 unspecified atom stereocenters. The van der Waals surface area contributed by atoms with Gasteiger partial charge in [0.2, 0.25) is 6.04 Å². The van der Waals surface area contributed by atoms with Crippen LogP contribution in [0.5, 0.6) is 0 Å². The maximum Gasteiger partial charge on any atom is 0.338 e. The van der Waals surface area contributed by atoms with E-state index in [1.54, 1.807) is 17.0 Å². The van der Waals surface area contributed by atoms with Crippen molar-refractivity contribution in [1.29, 1.82) is 0 Å². The average Bonchev–Trinajstić information content (AvgIpc) is 3.74. The maximum atomic E-state index is 16.0. The number of fused-ring (bicyclic) bond motifs is 2. The second kappa shape index (κ2) is 12.1. The first-order valence-electron chi connectivity index (χ1n) is 14.8. The first-order chi connectivity index (χ1) is 22.3. The van der Waals surface area contributed by atoms with E-state index in [1.165, 1.54) is 43.3 Å². The minimum absolute atomic E-state index is 0.0539. The summed E-state index contributed by atoms with van der Waals surface area (Å²) in [5.74, 6) is -3.74. The number of hydrogen-bond donors (Lipinski definition) is 2. The van der Waals surface area contributed by atoms with Gasteiger partial charge in [-0.2, -0.15) is 0 Å². The first-order valence-corrected chi connectivity index (χ1v) is 15.6. The Labute approximate surface area is 277 Å². The van der Waals surface area contributed by atoms with Gasteiger partial charge >= 0.3 is 5.97 Å². The van der Waals surface area contributed by atoms with Crippen molar-refractivity contribution in [2.24, 2.45) is 5.92 Å². The Balaban J connectivity index is 1.57. The Morgan fingerprint density at radius 1 is 1.19 bits per heavy atom. The molecular weight excluding hydrogens is 658 g/mol. The van der Waals surface area contributed by atoms with Gasteiger partial charge in [0.25, 0.3) is 11.6 Å². The third kappa shape index (κ3) is 5.21. The van der Waals surface area contributed by atoms with Crippen molar-refractivity contribution in [2.45, 2.75) is 55.8 Å². The monoisotopic (exact) mass is 686 g/mol. The number of nitrogens with zero attached hydrogens (tertiary/aromatic N) is 3. The number of benzene rings is 3. The molecule has 1 saturated carbocycles. The van der Waals surface area contributed by atoms with Gasteiger partial charge in [0, 0.05) is 38.9 Å². The summed E-state index contributed by atoms with van der Waals surface area (Å²) in [5.41, 5.74) is -2.18. The van der Waals surface area contributed by atoms with Crippen LogP contribution in [0.3, 0.4) is 0 Å². The summed E-state index contributed by atoms with van der Waals surface area (Å²) < 4.78 is 20.7. The number of nitro benzene ring substituents is 1. The highest BCUT2D eigenvalue weighted by molar-refractivity contribution is 6.31. The number of hydrogen-bond acceptors (Lipinski definition) is 9. The number of nitro groups is 2. The number of carbonyl (C=O) groups is 2. The van der Waals surface area contributed by atoms with Crippen LogP contribution < -0.4 is 5.32 Å². The molecule has 0 bridgehead atoms. The fraction of sp³-hybridized carbons (Fsp3) is 0.375. The van der Waals surface area contributed by atoms with Crippen LogP contribution in [0.25, 0.3) is 0 Å². The number of methoxy groups -OCH3 is 1. The van der Waals surface area contributed by atoms with Gasteiger partial charge in [-0.3, -0.25) is 29.9 Å². The van der Waals surface area contributed by atoms with E-state index >= 15 is 4.39 Å². The van der Waals surface area contributed by atoms with E-state index in [9.17, 15) is 34.9 Å². The lowest BCUT2D eigenvalue weighted by atomic mass is 9.73. The molecule has 2 heterocycles. The highest BCUT2D eigenvalue weighted by Crippen LogP contribution is 2.60. The second-order valence-corrected chi connectivity index (χ2v) is 13.0. The maximum absolute atomic E-state index is 16.0. The van der Waals surface area contributed by atoms with E-state index in [4.69, 9.17) is 27.9 Å².